The quantitative estimate of drug-likeness (QED) is 0.341. The Labute approximate surface area is 167 Å². The van der Waals surface area contributed by atoms with Crippen molar-refractivity contribution in [2.24, 2.45) is 16.6 Å². The first kappa shape index (κ1) is 21.7. The number of nitrogens with two attached hydrogens (primary N) is 1. The van der Waals surface area contributed by atoms with Crippen molar-refractivity contribution in [3.63, 3.8) is 0 Å². The molecule has 1 aromatic rings. The van der Waals surface area contributed by atoms with Gasteiger partial charge in [0.05, 0.1) is 5.92 Å². The number of carbonyl (C=O) groups is 1. The lowest BCUT2D eigenvalue weighted by molar-refractivity contribution is -0.123. The molecule has 1 amide bonds. The molecule has 0 radical (unpaired) electrons. The molecule has 0 bridgehead atoms. The maximum Gasteiger partial charge on any atom is 0.221 e. The van der Waals surface area contributed by atoms with E-state index in [-0.39, 0.29) is 11.8 Å². The summed E-state index contributed by atoms with van der Waals surface area (Å²) >= 11 is 1.86. The van der Waals surface area contributed by atoms with Crippen LogP contribution in [0.25, 0.3) is 0 Å². The Bertz CT molecular complexity index is 615. The summed E-state index contributed by atoms with van der Waals surface area (Å²) in [5.41, 5.74) is 5.46. The Morgan fingerprint density at radius 1 is 1.48 bits per heavy atom. The third-order valence-corrected chi connectivity index (χ3v) is 5.86. The number of nitrogens with one attached hydrogen (secondary N) is 2. The van der Waals surface area contributed by atoms with Gasteiger partial charge in [-0.3, -0.25) is 9.79 Å². The van der Waals surface area contributed by atoms with Crippen LogP contribution in [-0.4, -0.2) is 55.5 Å². The highest BCUT2D eigenvalue weighted by atomic mass is 32.1. The van der Waals surface area contributed by atoms with Crippen molar-refractivity contribution in [2.75, 3.05) is 32.7 Å². The number of carbonyl (C=O) groups excluding carboxylic acids is 1. The van der Waals surface area contributed by atoms with E-state index in [1.165, 1.54) is 9.75 Å². The third-order valence-electron chi connectivity index (χ3n) is 4.84. The molecule has 152 valence electrons. The zero-order valence-electron chi connectivity index (χ0n) is 17.0. The van der Waals surface area contributed by atoms with Gasteiger partial charge in [0.15, 0.2) is 5.96 Å². The van der Waals surface area contributed by atoms with Crippen LogP contribution in [0.1, 0.15) is 42.9 Å². The summed E-state index contributed by atoms with van der Waals surface area (Å²) in [6.45, 7) is 10.9. The Morgan fingerprint density at radius 3 is 2.96 bits per heavy atom. The number of amides is 1. The maximum atomic E-state index is 11.4. The van der Waals surface area contributed by atoms with Crippen molar-refractivity contribution in [3.05, 3.63) is 21.9 Å². The van der Waals surface area contributed by atoms with Gasteiger partial charge in [0.2, 0.25) is 5.91 Å². The number of primary amides is 1. The van der Waals surface area contributed by atoms with Gasteiger partial charge >= 0.3 is 0 Å². The van der Waals surface area contributed by atoms with E-state index in [2.05, 4.69) is 48.4 Å². The molecule has 0 aromatic carbocycles. The molecule has 1 fully saturated rings. The molecular weight excluding hydrogens is 358 g/mol. The molecule has 2 heterocycles. The van der Waals surface area contributed by atoms with Gasteiger partial charge in [-0.25, -0.2) is 0 Å². The highest BCUT2D eigenvalue weighted by Gasteiger charge is 2.23. The molecule has 7 heteroatoms. The number of thiophene rings is 1. The van der Waals surface area contributed by atoms with E-state index < -0.39 is 0 Å². The molecule has 1 aliphatic heterocycles. The van der Waals surface area contributed by atoms with Crippen LogP contribution in [0, 0.1) is 12.8 Å². The summed E-state index contributed by atoms with van der Waals surface area (Å²) in [6.07, 6.45) is 3.98. The lowest BCUT2D eigenvalue weighted by atomic mass is 9.97. The van der Waals surface area contributed by atoms with Crippen LogP contribution in [0.3, 0.4) is 0 Å². The summed E-state index contributed by atoms with van der Waals surface area (Å²) in [5, 5.41) is 6.84. The van der Waals surface area contributed by atoms with Gasteiger partial charge in [0.25, 0.3) is 0 Å². The predicted molar refractivity (Wildman–Crippen MR) is 114 cm³/mol. The van der Waals surface area contributed by atoms with Crippen LogP contribution in [-0.2, 0) is 11.2 Å². The SMILES string of the molecule is CCNC(=NCCCN1CCCC(C(N)=O)C1)NC(C)Cc1ccc(C)s1. The van der Waals surface area contributed by atoms with Gasteiger partial charge in [-0.2, -0.15) is 0 Å². The first-order valence-corrected chi connectivity index (χ1v) is 10.9. The van der Waals surface area contributed by atoms with E-state index in [1.807, 2.05) is 11.3 Å². The Balaban J connectivity index is 1.74. The zero-order chi connectivity index (χ0) is 19.6. The number of piperidine rings is 1. The van der Waals surface area contributed by atoms with Gasteiger partial charge < -0.3 is 21.3 Å². The van der Waals surface area contributed by atoms with Gasteiger partial charge in [0, 0.05) is 41.9 Å². The smallest absolute Gasteiger partial charge is 0.221 e. The van der Waals surface area contributed by atoms with Crippen LogP contribution in [0.2, 0.25) is 0 Å². The molecule has 4 N–H and O–H groups in total. The molecule has 0 aliphatic carbocycles. The molecule has 2 atom stereocenters. The van der Waals surface area contributed by atoms with Gasteiger partial charge in [-0.15, -0.1) is 11.3 Å². The van der Waals surface area contributed by atoms with Crippen LogP contribution in [0.15, 0.2) is 17.1 Å². The average Bonchev–Trinajstić information content (AvgIpc) is 3.03. The van der Waals surface area contributed by atoms with Crippen LogP contribution < -0.4 is 16.4 Å². The minimum Gasteiger partial charge on any atom is -0.369 e. The summed E-state index contributed by atoms with van der Waals surface area (Å²) in [7, 11) is 0. The van der Waals surface area contributed by atoms with E-state index in [1.54, 1.807) is 0 Å². The second-order valence-corrected chi connectivity index (χ2v) is 8.79. The second kappa shape index (κ2) is 11.3. The van der Waals surface area contributed by atoms with Crippen molar-refractivity contribution in [2.45, 2.75) is 52.5 Å². The molecule has 2 rings (SSSR count). The monoisotopic (exact) mass is 393 g/mol. The number of aliphatic imine (C=N–C) groups is 1. The fourth-order valence-corrected chi connectivity index (χ4v) is 4.50. The lowest BCUT2D eigenvalue weighted by Crippen LogP contribution is -2.43. The Morgan fingerprint density at radius 2 is 2.30 bits per heavy atom. The van der Waals surface area contributed by atoms with Crippen LogP contribution in [0.5, 0.6) is 0 Å². The standard InChI is InChI=1S/C20H35N5OS/c1-4-22-20(24-15(2)13-18-9-8-16(3)27-18)23-10-6-12-25-11-5-7-17(14-25)19(21)26/h8-9,15,17H,4-7,10-14H2,1-3H3,(H2,21,26)(H2,22,23,24). The number of hydrogen-bond donors (Lipinski definition) is 3. The largest absolute Gasteiger partial charge is 0.369 e. The number of likely N-dealkylation sites (tertiary alicyclic amines) is 1. The van der Waals surface area contributed by atoms with E-state index >= 15 is 0 Å². The highest BCUT2D eigenvalue weighted by Crippen LogP contribution is 2.17. The number of guanidine groups is 1. The van der Waals surface area contributed by atoms with Gasteiger partial charge in [-0.1, -0.05) is 0 Å². The van der Waals surface area contributed by atoms with Crippen molar-refractivity contribution in [3.8, 4) is 0 Å². The van der Waals surface area contributed by atoms with E-state index in [4.69, 9.17) is 10.7 Å². The van der Waals surface area contributed by atoms with Crippen LogP contribution in [0.4, 0.5) is 0 Å². The second-order valence-electron chi connectivity index (χ2n) is 7.42. The molecule has 6 nitrogen and oxygen atoms in total. The predicted octanol–water partition coefficient (Wildman–Crippen LogP) is 2.13. The van der Waals surface area contributed by atoms with E-state index in [9.17, 15) is 4.79 Å². The van der Waals surface area contributed by atoms with Crippen molar-refractivity contribution >= 4 is 23.2 Å². The Hall–Kier alpha value is -1.60. The molecule has 0 spiro atoms. The Kier molecular flexibility index (Phi) is 9.07. The summed E-state index contributed by atoms with van der Waals surface area (Å²) in [4.78, 5) is 21.2. The normalized spacial score (nSPS) is 19.7. The summed E-state index contributed by atoms with van der Waals surface area (Å²) in [5.74, 6) is 0.737. The average molecular weight is 394 g/mol. The number of aryl methyl sites for hydroxylation is 1. The number of rotatable bonds is 9. The molecule has 27 heavy (non-hydrogen) atoms. The maximum absolute atomic E-state index is 11.4. The topological polar surface area (TPSA) is 82.8 Å². The molecule has 0 saturated carbocycles. The molecule has 1 saturated heterocycles. The van der Waals surface area contributed by atoms with E-state index in [0.717, 1.165) is 64.4 Å². The first-order valence-electron chi connectivity index (χ1n) is 10.1. The van der Waals surface area contributed by atoms with Crippen LogP contribution >= 0.6 is 11.3 Å². The number of hydrogen-bond acceptors (Lipinski definition) is 4. The first-order chi connectivity index (χ1) is 13.0. The molecule has 1 aliphatic rings. The highest BCUT2D eigenvalue weighted by molar-refractivity contribution is 7.11. The summed E-state index contributed by atoms with van der Waals surface area (Å²) in [6, 6.07) is 4.72. The third kappa shape index (κ3) is 7.89. The van der Waals surface area contributed by atoms with Gasteiger partial charge in [-0.05, 0) is 65.3 Å². The fourth-order valence-electron chi connectivity index (χ4n) is 3.48. The number of nitrogens with zero attached hydrogens (tertiary/aromatic N) is 2. The van der Waals surface area contributed by atoms with Crippen molar-refractivity contribution in [1.82, 2.24) is 15.5 Å². The van der Waals surface area contributed by atoms with Gasteiger partial charge in [0.1, 0.15) is 0 Å². The van der Waals surface area contributed by atoms with E-state index in [0.29, 0.717) is 6.04 Å². The molecule has 1 aromatic heterocycles. The molecular formula is C20H35N5OS. The minimum absolute atomic E-state index is 0.0166. The lowest BCUT2D eigenvalue weighted by Gasteiger charge is -2.30. The van der Waals surface area contributed by atoms with Crippen molar-refractivity contribution < 1.29 is 4.79 Å². The summed E-state index contributed by atoms with van der Waals surface area (Å²) < 4.78 is 0. The minimum atomic E-state index is -0.161. The van der Waals surface area contributed by atoms with Crippen molar-refractivity contribution in [1.29, 1.82) is 0 Å². The molecule has 2 unspecified atom stereocenters. The fraction of sp³-hybridized carbons (Fsp3) is 0.700. The zero-order valence-corrected chi connectivity index (χ0v) is 17.8.